The number of carboxylic acids is 1. The van der Waals surface area contributed by atoms with Crippen LogP contribution in [0.4, 0.5) is 0 Å². The highest BCUT2D eigenvalue weighted by atomic mass is 32.1. The van der Waals surface area contributed by atoms with Crippen LogP contribution in [-0.2, 0) is 6.54 Å². The van der Waals surface area contributed by atoms with Gasteiger partial charge in [0.25, 0.3) is 0 Å². The molecule has 0 aromatic carbocycles. The lowest BCUT2D eigenvalue weighted by Gasteiger charge is -2.03. The van der Waals surface area contributed by atoms with Gasteiger partial charge in [-0.2, -0.15) is 5.10 Å². The lowest BCUT2D eigenvalue weighted by molar-refractivity contribution is 0.0703. The fourth-order valence-corrected chi connectivity index (χ4v) is 2.58. The summed E-state index contributed by atoms with van der Waals surface area (Å²) in [5.74, 6) is -0.877. The minimum Gasteiger partial charge on any atom is -0.477 e. The number of thiophene rings is 1. The summed E-state index contributed by atoms with van der Waals surface area (Å²) in [5, 5.41) is 15.2. The van der Waals surface area contributed by atoms with E-state index < -0.39 is 5.97 Å². The molecule has 0 unspecified atom stereocenters. The summed E-state index contributed by atoms with van der Waals surface area (Å²) in [5.41, 5.74) is 2.70. The molecule has 17 heavy (non-hydrogen) atoms. The Kier molecular flexibility index (Phi) is 3.28. The molecule has 0 aliphatic rings. The van der Waals surface area contributed by atoms with Gasteiger partial charge < -0.3 is 5.11 Å². The third-order valence-corrected chi connectivity index (χ3v) is 3.59. The maximum Gasteiger partial charge on any atom is 0.346 e. The summed E-state index contributed by atoms with van der Waals surface area (Å²) < 4.78 is 1.92. The van der Waals surface area contributed by atoms with E-state index in [-0.39, 0.29) is 0 Å². The maximum atomic E-state index is 11.1. The van der Waals surface area contributed by atoms with Gasteiger partial charge in [0.05, 0.1) is 6.20 Å². The molecule has 0 saturated heterocycles. The molecule has 0 atom stereocenters. The van der Waals surface area contributed by atoms with E-state index in [0.717, 1.165) is 29.8 Å². The summed E-state index contributed by atoms with van der Waals surface area (Å²) in [4.78, 5) is 11.5. The minimum atomic E-state index is -0.877. The highest BCUT2D eigenvalue weighted by molar-refractivity contribution is 7.12. The maximum absolute atomic E-state index is 11.1. The van der Waals surface area contributed by atoms with E-state index in [9.17, 15) is 4.79 Å². The molecule has 0 saturated carbocycles. The highest BCUT2D eigenvalue weighted by Gasteiger charge is 2.17. The molecule has 0 aliphatic heterocycles. The number of aromatic carboxylic acids is 1. The zero-order valence-electron chi connectivity index (χ0n) is 9.80. The Morgan fingerprint density at radius 2 is 2.29 bits per heavy atom. The monoisotopic (exact) mass is 250 g/mol. The van der Waals surface area contributed by atoms with E-state index in [4.69, 9.17) is 5.11 Å². The van der Waals surface area contributed by atoms with E-state index in [1.165, 1.54) is 11.3 Å². The first-order valence-electron chi connectivity index (χ1n) is 5.48. The molecule has 2 aromatic rings. The van der Waals surface area contributed by atoms with Gasteiger partial charge in [0.1, 0.15) is 4.88 Å². The van der Waals surface area contributed by atoms with Crippen molar-refractivity contribution < 1.29 is 9.90 Å². The number of nitrogens with zero attached hydrogens (tertiary/aromatic N) is 2. The fraction of sp³-hybridized carbons (Fsp3) is 0.333. The molecule has 2 rings (SSSR count). The SMILES string of the molecule is CCCn1ncc(-c2ccsc2C(=O)O)c1C. The number of carbonyl (C=O) groups is 1. The quantitative estimate of drug-likeness (QED) is 0.907. The van der Waals surface area contributed by atoms with Crippen LogP contribution in [0.15, 0.2) is 17.6 Å². The van der Waals surface area contributed by atoms with Crippen molar-refractivity contribution in [2.45, 2.75) is 26.8 Å². The standard InChI is InChI=1S/C12H14N2O2S/c1-3-5-14-8(2)10(7-13-14)9-4-6-17-11(9)12(15)16/h4,6-7H,3,5H2,1-2H3,(H,15,16). The molecule has 0 spiro atoms. The first-order valence-corrected chi connectivity index (χ1v) is 6.36. The summed E-state index contributed by atoms with van der Waals surface area (Å²) >= 11 is 1.25. The summed E-state index contributed by atoms with van der Waals surface area (Å²) in [6, 6.07) is 1.84. The zero-order valence-corrected chi connectivity index (χ0v) is 10.6. The Hall–Kier alpha value is -1.62. The summed E-state index contributed by atoms with van der Waals surface area (Å²) in [6.45, 7) is 4.92. The van der Waals surface area contributed by atoms with E-state index >= 15 is 0 Å². The average Bonchev–Trinajstić information content (AvgIpc) is 2.87. The predicted octanol–water partition coefficient (Wildman–Crippen LogP) is 3.03. The Morgan fingerprint density at radius 3 is 2.94 bits per heavy atom. The van der Waals surface area contributed by atoms with Crippen molar-refractivity contribution in [2.24, 2.45) is 0 Å². The Morgan fingerprint density at radius 1 is 1.53 bits per heavy atom. The highest BCUT2D eigenvalue weighted by Crippen LogP contribution is 2.30. The van der Waals surface area contributed by atoms with Crippen LogP contribution in [-0.4, -0.2) is 20.9 Å². The largest absolute Gasteiger partial charge is 0.477 e. The van der Waals surface area contributed by atoms with Gasteiger partial charge in [0.15, 0.2) is 0 Å². The lowest BCUT2D eigenvalue weighted by atomic mass is 10.1. The topological polar surface area (TPSA) is 55.1 Å². The van der Waals surface area contributed by atoms with Crippen LogP contribution in [0, 0.1) is 6.92 Å². The van der Waals surface area contributed by atoms with Gasteiger partial charge in [-0.3, -0.25) is 4.68 Å². The first kappa shape index (κ1) is 11.9. The smallest absolute Gasteiger partial charge is 0.346 e. The second-order valence-electron chi connectivity index (χ2n) is 3.84. The number of hydrogen-bond acceptors (Lipinski definition) is 3. The Bertz CT molecular complexity index is 542. The van der Waals surface area contributed by atoms with E-state index in [0.29, 0.717) is 4.88 Å². The first-order chi connectivity index (χ1) is 8.15. The third-order valence-electron chi connectivity index (χ3n) is 2.69. The van der Waals surface area contributed by atoms with E-state index in [1.807, 2.05) is 17.7 Å². The van der Waals surface area contributed by atoms with Crippen LogP contribution in [0.1, 0.15) is 28.7 Å². The Balaban J connectivity index is 2.46. The summed E-state index contributed by atoms with van der Waals surface area (Å²) in [6.07, 6.45) is 2.76. The van der Waals surface area contributed by atoms with Crippen LogP contribution in [0.5, 0.6) is 0 Å². The molecule has 2 heterocycles. The van der Waals surface area contributed by atoms with Crippen LogP contribution in [0.2, 0.25) is 0 Å². The van der Waals surface area contributed by atoms with Gasteiger partial charge in [-0.1, -0.05) is 6.92 Å². The van der Waals surface area contributed by atoms with E-state index in [2.05, 4.69) is 12.0 Å². The molecule has 2 aromatic heterocycles. The van der Waals surface area contributed by atoms with Crippen LogP contribution < -0.4 is 0 Å². The fourth-order valence-electron chi connectivity index (χ4n) is 1.84. The van der Waals surface area contributed by atoms with E-state index in [1.54, 1.807) is 11.6 Å². The van der Waals surface area contributed by atoms with Gasteiger partial charge in [-0.05, 0) is 24.8 Å². The van der Waals surface area contributed by atoms with Gasteiger partial charge >= 0.3 is 5.97 Å². The molecule has 0 amide bonds. The number of hydrogen-bond donors (Lipinski definition) is 1. The van der Waals surface area contributed by atoms with Gasteiger partial charge in [0, 0.05) is 23.4 Å². The van der Waals surface area contributed by atoms with Crippen molar-refractivity contribution in [1.29, 1.82) is 0 Å². The van der Waals surface area contributed by atoms with Crippen molar-refractivity contribution in [3.8, 4) is 11.1 Å². The number of aromatic nitrogens is 2. The molecular weight excluding hydrogens is 236 g/mol. The lowest BCUT2D eigenvalue weighted by Crippen LogP contribution is -2.01. The molecule has 0 aliphatic carbocycles. The Labute approximate surface area is 104 Å². The molecule has 5 heteroatoms. The zero-order chi connectivity index (χ0) is 12.4. The molecule has 0 bridgehead atoms. The second-order valence-corrected chi connectivity index (χ2v) is 4.75. The van der Waals surface area contributed by atoms with Crippen LogP contribution in [0.25, 0.3) is 11.1 Å². The summed E-state index contributed by atoms with van der Waals surface area (Å²) in [7, 11) is 0. The molecule has 4 nitrogen and oxygen atoms in total. The van der Waals surface area contributed by atoms with Crippen molar-refractivity contribution >= 4 is 17.3 Å². The minimum absolute atomic E-state index is 0.379. The number of rotatable bonds is 4. The number of aryl methyl sites for hydroxylation is 1. The third kappa shape index (κ3) is 2.10. The second kappa shape index (κ2) is 4.71. The van der Waals surface area contributed by atoms with Gasteiger partial charge in [-0.25, -0.2) is 4.79 Å². The molecular formula is C12H14N2O2S. The molecule has 0 radical (unpaired) electrons. The van der Waals surface area contributed by atoms with Gasteiger partial charge in [0.2, 0.25) is 0 Å². The predicted molar refractivity (Wildman–Crippen MR) is 67.5 cm³/mol. The molecule has 1 N–H and O–H groups in total. The van der Waals surface area contributed by atoms with Crippen LogP contribution >= 0.6 is 11.3 Å². The van der Waals surface area contributed by atoms with Crippen molar-refractivity contribution in [3.05, 3.63) is 28.2 Å². The van der Waals surface area contributed by atoms with Crippen molar-refractivity contribution in [3.63, 3.8) is 0 Å². The van der Waals surface area contributed by atoms with Crippen molar-refractivity contribution in [2.75, 3.05) is 0 Å². The molecule has 90 valence electrons. The van der Waals surface area contributed by atoms with Crippen molar-refractivity contribution in [1.82, 2.24) is 9.78 Å². The molecule has 0 fully saturated rings. The number of carboxylic acid groups (broad SMARTS) is 1. The van der Waals surface area contributed by atoms with Crippen LogP contribution in [0.3, 0.4) is 0 Å². The van der Waals surface area contributed by atoms with Gasteiger partial charge in [-0.15, -0.1) is 11.3 Å². The normalized spacial score (nSPS) is 10.7. The average molecular weight is 250 g/mol.